The lowest BCUT2D eigenvalue weighted by Gasteiger charge is -2.21. The minimum atomic E-state index is -1.13. The zero-order valence-corrected chi connectivity index (χ0v) is 14.2. The topological polar surface area (TPSA) is 113 Å². The van der Waals surface area contributed by atoms with Crippen LogP contribution in [0.15, 0.2) is 41.0 Å². The van der Waals surface area contributed by atoms with Gasteiger partial charge in [-0.05, 0) is 24.5 Å². The van der Waals surface area contributed by atoms with Gasteiger partial charge >= 0.3 is 11.9 Å². The molecule has 134 valence electrons. The fraction of sp³-hybridized carbons (Fsp3) is 0.389. The Labute approximate surface area is 145 Å². The molecule has 0 radical (unpaired) electrons. The number of benzene rings is 1. The number of aliphatic carboxylic acids is 2. The summed E-state index contributed by atoms with van der Waals surface area (Å²) in [5, 5.41) is 21.4. The van der Waals surface area contributed by atoms with E-state index >= 15 is 0 Å². The lowest BCUT2D eigenvalue weighted by molar-refractivity contribution is -0.142. The van der Waals surface area contributed by atoms with E-state index in [0.717, 1.165) is 5.56 Å². The van der Waals surface area contributed by atoms with Crippen molar-refractivity contribution in [3.8, 4) is 11.5 Å². The molecule has 2 atom stereocenters. The molecule has 25 heavy (non-hydrogen) atoms. The number of carboxylic acid groups (broad SMARTS) is 2. The van der Waals surface area contributed by atoms with Crippen LogP contribution in [0.1, 0.15) is 26.0 Å². The molecule has 2 unspecified atom stereocenters. The molecule has 0 fully saturated rings. The second-order valence-corrected chi connectivity index (χ2v) is 6.29. The molecule has 0 aliphatic heterocycles. The van der Waals surface area contributed by atoms with Crippen LogP contribution in [0, 0.1) is 5.92 Å². The maximum absolute atomic E-state index is 11.5. The summed E-state index contributed by atoms with van der Waals surface area (Å²) < 4.78 is 5.40. The second kappa shape index (κ2) is 8.43. The third-order valence-corrected chi connectivity index (χ3v) is 3.69. The van der Waals surface area contributed by atoms with E-state index in [1.54, 1.807) is 0 Å². The zero-order chi connectivity index (χ0) is 18.4. The van der Waals surface area contributed by atoms with Gasteiger partial charge in [-0.15, -0.1) is 0 Å². The number of carboxylic acids is 2. The zero-order valence-electron chi connectivity index (χ0n) is 14.2. The van der Waals surface area contributed by atoms with Gasteiger partial charge in [-0.1, -0.05) is 32.0 Å². The Kier molecular flexibility index (Phi) is 6.30. The molecule has 0 saturated heterocycles. The van der Waals surface area contributed by atoms with Gasteiger partial charge in [0.1, 0.15) is 18.3 Å². The third-order valence-electron chi connectivity index (χ3n) is 3.69. The molecule has 7 nitrogen and oxygen atoms in total. The van der Waals surface area contributed by atoms with E-state index in [4.69, 9.17) is 4.42 Å². The summed E-state index contributed by atoms with van der Waals surface area (Å²) in [5.41, 5.74) is 1.24. The third kappa shape index (κ3) is 5.42. The summed E-state index contributed by atoms with van der Waals surface area (Å²) >= 11 is 0. The molecule has 0 saturated carbocycles. The van der Waals surface area contributed by atoms with Gasteiger partial charge in [0.2, 0.25) is 5.89 Å². The van der Waals surface area contributed by atoms with E-state index in [1.165, 1.54) is 6.26 Å². The lowest BCUT2D eigenvalue weighted by Crippen LogP contribution is -2.48. The maximum Gasteiger partial charge on any atom is 0.321 e. The number of carbonyl (C=O) groups is 2. The molecule has 7 heteroatoms. The Balaban J connectivity index is 2.10. The van der Waals surface area contributed by atoms with E-state index in [1.807, 2.05) is 44.2 Å². The molecular weight excluding hydrogens is 324 g/mol. The summed E-state index contributed by atoms with van der Waals surface area (Å²) in [4.78, 5) is 27.2. The maximum atomic E-state index is 11.5. The molecular formula is C18H22N2O5. The van der Waals surface area contributed by atoms with Crippen molar-refractivity contribution < 1.29 is 24.2 Å². The van der Waals surface area contributed by atoms with E-state index < -0.39 is 24.0 Å². The van der Waals surface area contributed by atoms with Gasteiger partial charge in [0.05, 0.1) is 5.69 Å². The highest BCUT2D eigenvalue weighted by atomic mass is 16.4. The first-order valence-electron chi connectivity index (χ1n) is 8.08. The number of oxazole rings is 1. The van der Waals surface area contributed by atoms with Crippen LogP contribution in [0.4, 0.5) is 0 Å². The summed E-state index contributed by atoms with van der Waals surface area (Å²) in [6.07, 6.45) is 1.78. The Morgan fingerprint density at radius 3 is 2.32 bits per heavy atom. The van der Waals surface area contributed by atoms with Crippen molar-refractivity contribution >= 4 is 11.9 Å². The molecule has 0 bridgehead atoms. The van der Waals surface area contributed by atoms with Crippen molar-refractivity contribution in [3.05, 3.63) is 42.3 Å². The molecule has 2 rings (SSSR count). The molecule has 1 aromatic carbocycles. The molecule has 0 aliphatic rings. The van der Waals surface area contributed by atoms with Crippen LogP contribution in [0.5, 0.6) is 0 Å². The Morgan fingerprint density at radius 1 is 1.12 bits per heavy atom. The molecule has 0 amide bonds. The molecule has 3 N–H and O–H groups in total. The Morgan fingerprint density at radius 2 is 1.76 bits per heavy atom. The predicted octanol–water partition coefficient (Wildman–Crippen LogP) is 2.43. The molecule has 2 aromatic rings. The number of rotatable bonds is 9. The summed E-state index contributed by atoms with van der Waals surface area (Å²) in [6.45, 7) is 3.77. The number of hydrogen-bond donors (Lipinski definition) is 3. The van der Waals surface area contributed by atoms with E-state index in [0.29, 0.717) is 18.0 Å². The SMILES string of the molecule is CC(C)CC(NC(Cc1coc(-c2ccccc2)n1)C(=O)O)C(=O)O. The second-order valence-electron chi connectivity index (χ2n) is 6.29. The van der Waals surface area contributed by atoms with Crippen LogP contribution in [0.25, 0.3) is 11.5 Å². The van der Waals surface area contributed by atoms with Crippen LogP contribution < -0.4 is 5.32 Å². The van der Waals surface area contributed by atoms with Crippen molar-refractivity contribution in [3.63, 3.8) is 0 Å². The fourth-order valence-electron chi connectivity index (χ4n) is 2.50. The van der Waals surface area contributed by atoms with Gasteiger partial charge in [-0.25, -0.2) is 4.98 Å². The molecule has 0 spiro atoms. The average Bonchev–Trinajstić information content (AvgIpc) is 3.02. The fourth-order valence-corrected chi connectivity index (χ4v) is 2.50. The summed E-state index contributed by atoms with van der Waals surface area (Å²) in [6, 6.07) is 7.26. The van der Waals surface area contributed by atoms with Gasteiger partial charge in [0.15, 0.2) is 0 Å². The first kappa shape index (κ1) is 18.7. The molecule has 1 heterocycles. The minimum Gasteiger partial charge on any atom is -0.480 e. The number of nitrogens with one attached hydrogen (secondary N) is 1. The smallest absolute Gasteiger partial charge is 0.321 e. The summed E-state index contributed by atoms with van der Waals surface area (Å²) in [5.74, 6) is -1.67. The van der Waals surface area contributed by atoms with E-state index in [2.05, 4.69) is 10.3 Å². The summed E-state index contributed by atoms with van der Waals surface area (Å²) in [7, 11) is 0. The van der Waals surface area contributed by atoms with Gasteiger partial charge in [-0.2, -0.15) is 0 Å². The number of hydrogen-bond acceptors (Lipinski definition) is 5. The minimum absolute atomic E-state index is 0.0353. The lowest BCUT2D eigenvalue weighted by atomic mass is 10.0. The van der Waals surface area contributed by atoms with Gasteiger partial charge in [0, 0.05) is 12.0 Å². The van der Waals surface area contributed by atoms with Gasteiger partial charge in [0.25, 0.3) is 0 Å². The van der Waals surface area contributed by atoms with Crippen molar-refractivity contribution in [2.24, 2.45) is 5.92 Å². The van der Waals surface area contributed by atoms with Crippen LogP contribution in [-0.2, 0) is 16.0 Å². The van der Waals surface area contributed by atoms with Crippen LogP contribution in [-0.4, -0.2) is 39.2 Å². The molecule has 1 aromatic heterocycles. The highest BCUT2D eigenvalue weighted by Crippen LogP contribution is 2.19. The van der Waals surface area contributed by atoms with Crippen LogP contribution >= 0.6 is 0 Å². The quantitative estimate of drug-likeness (QED) is 0.639. The van der Waals surface area contributed by atoms with Crippen molar-refractivity contribution in [2.75, 3.05) is 0 Å². The monoisotopic (exact) mass is 346 g/mol. The Bertz CT molecular complexity index is 711. The highest BCUT2D eigenvalue weighted by molar-refractivity contribution is 5.77. The first-order chi connectivity index (χ1) is 11.9. The van der Waals surface area contributed by atoms with E-state index in [-0.39, 0.29) is 12.3 Å². The van der Waals surface area contributed by atoms with Gasteiger partial charge < -0.3 is 14.6 Å². The largest absolute Gasteiger partial charge is 0.480 e. The first-order valence-corrected chi connectivity index (χ1v) is 8.08. The van der Waals surface area contributed by atoms with Crippen molar-refractivity contribution in [2.45, 2.75) is 38.8 Å². The standard InChI is InChI=1S/C18H22N2O5/c1-11(2)8-14(17(21)22)20-15(18(23)24)9-13-10-25-16(19-13)12-6-4-3-5-7-12/h3-7,10-11,14-15,20H,8-9H2,1-2H3,(H,21,22)(H,23,24). The van der Waals surface area contributed by atoms with Crippen LogP contribution in [0.2, 0.25) is 0 Å². The van der Waals surface area contributed by atoms with E-state index in [9.17, 15) is 19.8 Å². The number of aromatic nitrogens is 1. The van der Waals surface area contributed by atoms with Crippen molar-refractivity contribution in [1.29, 1.82) is 0 Å². The van der Waals surface area contributed by atoms with Gasteiger partial charge in [-0.3, -0.25) is 14.9 Å². The Hall–Kier alpha value is -2.67. The average molecular weight is 346 g/mol. The molecule has 0 aliphatic carbocycles. The van der Waals surface area contributed by atoms with Crippen molar-refractivity contribution in [1.82, 2.24) is 10.3 Å². The highest BCUT2D eigenvalue weighted by Gasteiger charge is 2.27. The number of nitrogens with zero attached hydrogens (tertiary/aromatic N) is 1. The predicted molar refractivity (Wildman–Crippen MR) is 91.1 cm³/mol. The van der Waals surface area contributed by atoms with Crippen LogP contribution in [0.3, 0.4) is 0 Å². The normalized spacial score (nSPS) is 13.6.